The molecule has 0 saturated carbocycles. The van der Waals surface area contributed by atoms with Crippen LogP contribution in [0.15, 0.2) is 24.3 Å². The lowest BCUT2D eigenvalue weighted by atomic mass is 10.2. The lowest BCUT2D eigenvalue weighted by Crippen LogP contribution is -2.23. The van der Waals surface area contributed by atoms with E-state index in [4.69, 9.17) is 14.6 Å². The third kappa shape index (κ3) is 5.75. The van der Waals surface area contributed by atoms with Crippen molar-refractivity contribution in [3.8, 4) is 5.75 Å². The predicted molar refractivity (Wildman–Crippen MR) is 73.3 cm³/mol. The zero-order valence-electron chi connectivity index (χ0n) is 11.9. The van der Waals surface area contributed by atoms with Gasteiger partial charge >= 0.3 is 5.97 Å². The van der Waals surface area contributed by atoms with Crippen molar-refractivity contribution in [3.05, 3.63) is 29.8 Å². The highest BCUT2D eigenvalue weighted by atomic mass is 16.5. The second-order valence-electron chi connectivity index (χ2n) is 4.99. The van der Waals surface area contributed by atoms with Crippen LogP contribution in [0.3, 0.4) is 0 Å². The van der Waals surface area contributed by atoms with Gasteiger partial charge in [-0.1, -0.05) is 0 Å². The number of benzene rings is 1. The molecule has 0 spiro atoms. The summed E-state index contributed by atoms with van der Waals surface area (Å²) in [5.74, 6) is -0.257. The first-order valence-electron chi connectivity index (χ1n) is 6.54. The molecule has 1 aromatic carbocycles. The van der Waals surface area contributed by atoms with Crippen molar-refractivity contribution in [3.63, 3.8) is 0 Å². The number of hydrogen-bond acceptors (Lipinski definition) is 4. The Morgan fingerprint density at radius 2 is 1.68 bits per heavy atom. The molecule has 0 fully saturated rings. The van der Waals surface area contributed by atoms with Gasteiger partial charge in [-0.3, -0.25) is 0 Å². The molecule has 0 aliphatic heterocycles. The second-order valence-corrected chi connectivity index (χ2v) is 4.99. The molecule has 1 aromatic rings. The number of rotatable bonds is 6. The van der Waals surface area contributed by atoms with Gasteiger partial charge in [-0.25, -0.2) is 4.79 Å². The number of aromatic hydroxyl groups is 1. The van der Waals surface area contributed by atoms with Gasteiger partial charge in [-0.2, -0.15) is 0 Å². The number of hydrogen-bond donors (Lipinski definition) is 1. The molecule has 1 N–H and O–H groups in total. The molecule has 0 bridgehead atoms. The summed E-state index contributed by atoms with van der Waals surface area (Å²) in [6.45, 7) is 7.76. The fraction of sp³-hybridized carbons (Fsp3) is 0.533. The number of carbonyl (C=O) groups excluding carboxylic acids is 1. The number of ether oxygens (including phenoxy) is 2. The maximum Gasteiger partial charge on any atom is 0.338 e. The smallest absolute Gasteiger partial charge is 0.338 e. The van der Waals surface area contributed by atoms with Gasteiger partial charge in [0.05, 0.1) is 17.8 Å². The summed E-state index contributed by atoms with van der Waals surface area (Å²) < 4.78 is 10.9. The van der Waals surface area contributed by atoms with Crippen LogP contribution in [0.5, 0.6) is 5.75 Å². The Bertz CT molecular complexity index is 397. The van der Waals surface area contributed by atoms with E-state index in [0.717, 1.165) is 0 Å². The van der Waals surface area contributed by atoms with E-state index in [1.165, 1.54) is 12.1 Å². The van der Waals surface area contributed by atoms with Crippen LogP contribution < -0.4 is 0 Å². The van der Waals surface area contributed by atoms with Gasteiger partial charge in [0.1, 0.15) is 11.9 Å². The molecule has 0 radical (unpaired) electrons. The second kappa shape index (κ2) is 7.14. The van der Waals surface area contributed by atoms with Crippen LogP contribution in [-0.2, 0) is 9.47 Å². The highest BCUT2D eigenvalue weighted by molar-refractivity contribution is 5.89. The number of phenols is 1. The summed E-state index contributed by atoms with van der Waals surface area (Å²) in [4.78, 5) is 11.8. The Labute approximate surface area is 114 Å². The van der Waals surface area contributed by atoms with Gasteiger partial charge in [0, 0.05) is 6.42 Å². The predicted octanol–water partition coefficient (Wildman–Crippen LogP) is 3.14. The minimum Gasteiger partial charge on any atom is -0.508 e. The molecule has 19 heavy (non-hydrogen) atoms. The minimum atomic E-state index is -0.385. The van der Waals surface area contributed by atoms with E-state index in [9.17, 15) is 4.79 Å². The third-order valence-corrected chi connectivity index (χ3v) is 2.58. The largest absolute Gasteiger partial charge is 0.508 e. The topological polar surface area (TPSA) is 55.8 Å². The van der Waals surface area contributed by atoms with Crippen molar-refractivity contribution in [2.45, 2.75) is 52.4 Å². The summed E-state index contributed by atoms with van der Waals surface area (Å²) in [6.07, 6.45) is 0.648. The fourth-order valence-electron chi connectivity index (χ4n) is 1.88. The summed E-state index contributed by atoms with van der Waals surface area (Å²) in [6, 6.07) is 6.01. The minimum absolute atomic E-state index is 0.0441. The van der Waals surface area contributed by atoms with Crippen LogP contribution in [0.4, 0.5) is 0 Å². The van der Waals surface area contributed by atoms with Crippen LogP contribution in [0.1, 0.15) is 44.5 Å². The standard InChI is InChI=1S/C15H22O4/c1-10(2)18-11(3)9-12(4)19-15(17)13-5-7-14(16)8-6-13/h5-8,10-12,16H,9H2,1-4H3. The molecule has 106 valence electrons. The molecule has 0 saturated heterocycles. The number of esters is 1. The van der Waals surface area contributed by atoms with E-state index in [1.807, 2.05) is 27.7 Å². The molecule has 4 heteroatoms. The van der Waals surface area contributed by atoms with Crippen LogP contribution in [-0.4, -0.2) is 29.4 Å². The fourth-order valence-corrected chi connectivity index (χ4v) is 1.88. The average Bonchev–Trinajstić information content (AvgIpc) is 2.27. The molecule has 2 atom stereocenters. The van der Waals surface area contributed by atoms with Crippen molar-refractivity contribution in [1.29, 1.82) is 0 Å². The Hall–Kier alpha value is -1.55. The first kappa shape index (κ1) is 15.5. The van der Waals surface area contributed by atoms with Gasteiger partial charge in [-0.05, 0) is 52.0 Å². The zero-order valence-corrected chi connectivity index (χ0v) is 11.9. The third-order valence-electron chi connectivity index (χ3n) is 2.58. The molecule has 0 aromatic heterocycles. The lowest BCUT2D eigenvalue weighted by molar-refractivity contribution is -0.0177. The quantitative estimate of drug-likeness (QED) is 0.804. The molecule has 0 aliphatic rings. The average molecular weight is 266 g/mol. The van der Waals surface area contributed by atoms with Crippen LogP contribution in [0.2, 0.25) is 0 Å². The van der Waals surface area contributed by atoms with Crippen molar-refractivity contribution in [1.82, 2.24) is 0 Å². The Kier molecular flexibility index (Phi) is 5.83. The van der Waals surface area contributed by atoms with Gasteiger partial charge in [-0.15, -0.1) is 0 Å². The van der Waals surface area contributed by atoms with Crippen molar-refractivity contribution in [2.24, 2.45) is 0 Å². The van der Waals surface area contributed by atoms with Crippen LogP contribution in [0, 0.1) is 0 Å². The summed E-state index contributed by atoms with van der Waals surface area (Å²) in [5, 5.41) is 9.15. The van der Waals surface area contributed by atoms with E-state index in [2.05, 4.69) is 0 Å². The van der Waals surface area contributed by atoms with Gasteiger partial charge < -0.3 is 14.6 Å². The lowest BCUT2D eigenvalue weighted by Gasteiger charge is -2.20. The SMILES string of the molecule is CC(C)OC(C)CC(C)OC(=O)c1ccc(O)cc1. The molecular formula is C15H22O4. The van der Waals surface area contributed by atoms with E-state index < -0.39 is 0 Å². The van der Waals surface area contributed by atoms with Crippen molar-refractivity contribution in [2.75, 3.05) is 0 Å². The summed E-state index contributed by atoms with van der Waals surface area (Å²) >= 11 is 0. The highest BCUT2D eigenvalue weighted by Crippen LogP contribution is 2.13. The number of carbonyl (C=O) groups is 1. The molecule has 0 aliphatic carbocycles. The monoisotopic (exact) mass is 266 g/mol. The maximum absolute atomic E-state index is 11.8. The first-order chi connectivity index (χ1) is 8.88. The van der Waals surface area contributed by atoms with Crippen LogP contribution in [0.25, 0.3) is 0 Å². The van der Waals surface area contributed by atoms with Crippen molar-refractivity contribution < 1.29 is 19.4 Å². The Morgan fingerprint density at radius 1 is 1.11 bits per heavy atom. The summed E-state index contributed by atoms with van der Waals surface area (Å²) in [5.41, 5.74) is 0.432. The van der Waals surface area contributed by atoms with Gasteiger partial charge in [0.2, 0.25) is 0 Å². The molecule has 4 nitrogen and oxygen atoms in total. The first-order valence-corrected chi connectivity index (χ1v) is 6.54. The van der Waals surface area contributed by atoms with Crippen LogP contribution >= 0.6 is 0 Å². The van der Waals surface area contributed by atoms with E-state index in [0.29, 0.717) is 12.0 Å². The van der Waals surface area contributed by atoms with Crippen molar-refractivity contribution >= 4 is 5.97 Å². The molecule has 0 heterocycles. The summed E-state index contributed by atoms with van der Waals surface area (Å²) in [7, 11) is 0. The highest BCUT2D eigenvalue weighted by Gasteiger charge is 2.15. The number of phenolic OH excluding ortho intramolecular Hbond substituents is 1. The normalized spacial score (nSPS) is 14.2. The van der Waals surface area contributed by atoms with E-state index in [1.54, 1.807) is 12.1 Å². The maximum atomic E-state index is 11.8. The molecule has 1 rings (SSSR count). The zero-order chi connectivity index (χ0) is 14.4. The van der Waals surface area contributed by atoms with Gasteiger partial charge in [0.25, 0.3) is 0 Å². The molecule has 2 unspecified atom stereocenters. The van der Waals surface area contributed by atoms with E-state index in [-0.39, 0.29) is 30.0 Å². The molecule has 0 amide bonds. The molecular weight excluding hydrogens is 244 g/mol. The van der Waals surface area contributed by atoms with E-state index >= 15 is 0 Å². The Balaban J connectivity index is 2.45. The Morgan fingerprint density at radius 3 is 2.21 bits per heavy atom. The van der Waals surface area contributed by atoms with Gasteiger partial charge in [0.15, 0.2) is 0 Å².